The molecule has 0 spiro atoms. The number of ether oxygens (including phenoxy) is 1. The molecule has 21 heavy (non-hydrogen) atoms. The second kappa shape index (κ2) is 6.44. The van der Waals surface area contributed by atoms with Crippen LogP contribution in [0.15, 0.2) is 11.6 Å². The van der Waals surface area contributed by atoms with E-state index in [-0.39, 0.29) is 11.4 Å². The molecule has 0 saturated carbocycles. The average Bonchev–Trinajstić information content (AvgIpc) is 2.93. The van der Waals surface area contributed by atoms with Crippen molar-refractivity contribution in [2.45, 2.75) is 39.3 Å². The molecule has 0 fully saturated rings. The first kappa shape index (κ1) is 15.8. The minimum absolute atomic E-state index is 0.0518. The molecule has 2 rings (SSSR count). The van der Waals surface area contributed by atoms with Crippen molar-refractivity contribution in [1.82, 2.24) is 20.0 Å². The molecule has 2 N–H and O–H groups in total. The molecule has 0 radical (unpaired) electrons. The summed E-state index contributed by atoms with van der Waals surface area (Å²) in [7, 11) is 1.62. The number of methoxy groups -OCH3 is 1. The molecule has 6 nitrogen and oxygen atoms in total. The number of amides is 1. The summed E-state index contributed by atoms with van der Waals surface area (Å²) in [6, 6.07) is 0. The normalized spacial score (nSPS) is 11.8. The Balaban J connectivity index is 1.85. The molecule has 0 unspecified atom stereocenters. The van der Waals surface area contributed by atoms with Gasteiger partial charge in [0, 0.05) is 36.6 Å². The van der Waals surface area contributed by atoms with Gasteiger partial charge in [-0.25, -0.2) is 0 Å². The van der Waals surface area contributed by atoms with Crippen LogP contribution in [0.5, 0.6) is 5.88 Å². The molecule has 0 bridgehead atoms. The smallest absolute Gasteiger partial charge is 0.237 e. The summed E-state index contributed by atoms with van der Waals surface area (Å²) in [4.78, 5) is 17.0. The summed E-state index contributed by atoms with van der Waals surface area (Å²) >= 11 is 1.57. The first-order chi connectivity index (χ1) is 9.90. The third-order valence-electron chi connectivity index (χ3n) is 2.85. The van der Waals surface area contributed by atoms with E-state index in [1.54, 1.807) is 18.4 Å². The van der Waals surface area contributed by atoms with Gasteiger partial charge in [0.2, 0.25) is 11.8 Å². The lowest BCUT2D eigenvalue weighted by Crippen LogP contribution is -2.41. The van der Waals surface area contributed by atoms with Gasteiger partial charge in [-0.05, 0) is 20.8 Å². The van der Waals surface area contributed by atoms with Crippen LogP contribution < -0.4 is 15.4 Å². The number of imidazole rings is 1. The maximum absolute atomic E-state index is 11.7. The highest BCUT2D eigenvalue weighted by Gasteiger charge is 2.15. The van der Waals surface area contributed by atoms with Crippen LogP contribution in [0.25, 0.3) is 4.96 Å². The number of carbonyl (C=O) groups excluding carboxylic acids is 1. The van der Waals surface area contributed by atoms with Gasteiger partial charge in [0.1, 0.15) is 5.69 Å². The average molecular weight is 310 g/mol. The van der Waals surface area contributed by atoms with Gasteiger partial charge in [0.25, 0.3) is 0 Å². The van der Waals surface area contributed by atoms with Crippen molar-refractivity contribution in [1.29, 1.82) is 0 Å². The number of nitrogens with zero attached hydrogens (tertiary/aromatic N) is 2. The summed E-state index contributed by atoms with van der Waals surface area (Å²) in [6.07, 6.45) is 2.42. The molecular formula is C14H22N4O2S. The molecule has 0 aromatic carbocycles. The predicted octanol–water partition coefficient (Wildman–Crippen LogP) is 1.80. The minimum Gasteiger partial charge on any atom is -0.480 e. The summed E-state index contributed by atoms with van der Waals surface area (Å²) in [5.74, 6) is 0.685. The SMILES string of the molecule is COc1nc2sccn2c1CNCCC(=O)NC(C)(C)C. The second-order valence-corrected chi connectivity index (χ2v) is 6.72. The molecule has 2 heterocycles. The molecule has 116 valence electrons. The number of aromatic nitrogens is 2. The van der Waals surface area contributed by atoms with Gasteiger partial charge in [-0.3, -0.25) is 9.20 Å². The molecule has 7 heteroatoms. The van der Waals surface area contributed by atoms with E-state index >= 15 is 0 Å². The van der Waals surface area contributed by atoms with Crippen LogP contribution in [0.2, 0.25) is 0 Å². The van der Waals surface area contributed by atoms with Crippen LogP contribution in [0, 0.1) is 0 Å². The lowest BCUT2D eigenvalue weighted by molar-refractivity contribution is -0.122. The number of rotatable bonds is 6. The monoisotopic (exact) mass is 310 g/mol. The molecule has 0 atom stereocenters. The largest absolute Gasteiger partial charge is 0.480 e. The van der Waals surface area contributed by atoms with Gasteiger partial charge < -0.3 is 15.4 Å². The minimum atomic E-state index is -0.186. The maximum atomic E-state index is 11.7. The van der Waals surface area contributed by atoms with Crippen molar-refractivity contribution >= 4 is 22.2 Å². The van der Waals surface area contributed by atoms with E-state index in [0.717, 1.165) is 10.7 Å². The Labute approximate surface area is 128 Å². The van der Waals surface area contributed by atoms with Crippen LogP contribution in [0.4, 0.5) is 0 Å². The molecule has 0 aliphatic rings. The summed E-state index contributed by atoms with van der Waals surface area (Å²) in [5, 5.41) is 8.19. The fourth-order valence-corrected chi connectivity index (χ4v) is 2.75. The molecule has 2 aromatic heterocycles. The van der Waals surface area contributed by atoms with Gasteiger partial charge in [-0.2, -0.15) is 4.98 Å². The molecule has 0 aliphatic carbocycles. The van der Waals surface area contributed by atoms with Crippen LogP contribution >= 0.6 is 11.3 Å². The number of hydrogen-bond acceptors (Lipinski definition) is 5. The topological polar surface area (TPSA) is 67.7 Å². The Morgan fingerprint density at radius 2 is 2.24 bits per heavy atom. The van der Waals surface area contributed by atoms with Crippen LogP contribution in [0.3, 0.4) is 0 Å². The zero-order valence-corrected chi connectivity index (χ0v) is 13.7. The van der Waals surface area contributed by atoms with Gasteiger partial charge in [-0.15, -0.1) is 11.3 Å². The summed E-state index contributed by atoms with van der Waals surface area (Å²) < 4.78 is 7.29. The predicted molar refractivity (Wildman–Crippen MR) is 83.8 cm³/mol. The molecule has 1 amide bonds. The fraction of sp³-hybridized carbons (Fsp3) is 0.571. The third-order valence-corrected chi connectivity index (χ3v) is 3.61. The van der Waals surface area contributed by atoms with Crippen molar-refractivity contribution < 1.29 is 9.53 Å². The molecule has 0 saturated heterocycles. The van der Waals surface area contributed by atoms with Crippen molar-refractivity contribution in [3.8, 4) is 5.88 Å². The van der Waals surface area contributed by atoms with Crippen LogP contribution in [-0.4, -0.2) is 34.5 Å². The van der Waals surface area contributed by atoms with E-state index in [1.807, 2.05) is 36.7 Å². The van der Waals surface area contributed by atoms with E-state index in [1.165, 1.54) is 0 Å². The van der Waals surface area contributed by atoms with Crippen molar-refractivity contribution in [3.05, 3.63) is 17.3 Å². The van der Waals surface area contributed by atoms with Gasteiger partial charge in [0.15, 0.2) is 4.96 Å². The Bertz CT molecular complexity index is 612. The first-order valence-electron chi connectivity index (χ1n) is 6.91. The van der Waals surface area contributed by atoms with E-state index in [0.29, 0.717) is 25.4 Å². The Morgan fingerprint density at radius 3 is 2.90 bits per heavy atom. The highest BCUT2D eigenvalue weighted by atomic mass is 32.1. The Kier molecular flexibility index (Phi) is 4.84. The van der Waals surface area contributed by atoms with Crippen LogP contribution in [-0.2, 0) is 11.3 Å². The van der Waals surface area contributed by atoms with E-state index in [2.05, 4.69) is 15.6 Å². The number of thiazole rings is 1. The zero-order valence-electron chi connectivity index (χ0n) is 12.9. The molecule has 2 aromatic rings. The first-order valence-corrected chi connectivity index (χ1v) is 7.79. The van der Waals surface area contributed by atoms with Crippen molar-refractivity contribution in [2.75, 3.05) is 13.7 Å². The Hall–Kier alpha value is -1.60. The van der Waals surface area contributed by atoms with E-state index in [4.69, 9.17) is 4.74 Å². The maximum Gasteiger partial charge on any atom is 0.237 e. The van der Waals surface area contributed by atoms with Gasteiger partial charge in [-0.1, -0.05) is 0 Å². The Morgan fingerprint density at radius 1 is 1.48 bits per heavy atom. The highest BCUT2D eigenvalue weighted by Crippen LogP contribution is 2.22. The van der Waals surface area contributed by atoms with Gasteiger partial charge >= 0.3 is 0 Å². The third kappa shape index (κ3) is 4.18. The zero-order chi connectivity index (χ0) is 15.5. The quantitative estimate of drug-likeness (QED) is 0.798. The van der Waals surface area contributed by atoms with Gasteiger partial charge in [0.05, 0.1) is 7.11 Å². The van der Waals surface area contributed by atoms with E-state index in [9.17, 15) is 4.79 Å². The van der Waals surface area contributed by atoms with Crippen molar-refractivity contribution in [3.63, 3.8) is 0 Å². The number of hydrogen-bond donors (Lipinski definition) is 2. The number of carbonyl (C=O) groups is 1. The lowest BCUT2D eigenvalue weighted by atomic mass is 10.1. The van der Waals surface area contributed by atoms with Crippen LogP contribution in [0.1, 0.15) is 32.9 Å². The summed E-state index contributed by atoms with van der Waals surface area (Å²) in [5.41, 5.74) is 0.791. The van der Waals surface area contributed by atoms with Crippen molar-refractivity contribution in [2.24, 2.45) is 0 Å². The highest BCUT2D eigenvalue weighted by molar-refractivity contribution is 7.15. The second-order valence-electron chi connectivity index (χ2n) is 5.85. The van der Waals surface area contributed by atoms with E-state index < -0.39 is 0 Å². The fourth-order valence-electron chi connectivity index (χ4n) is 2.03. The molecule has 0 aliphatic heterocycles. The lowest BCUT2D eigenvalue weighted by Gasteiger charge is -2.20. The number of nitrogens with one attached hydrogen (secondary N) is 2. The standard InChI is InChI=1S/C14H22N4O2S/c1-14(2,3)17-11(19)5-6-15-9-10-12(20-4)16-13-18(10)7-8-21-13/h7-8,15H,5-6,9H2,1-4H3,(H,17,19). The molecular weight excluding hydrogens is 288 g/mol. The summed E-state index contributed by atoms with van der Waals surface area (Å²) in [6.45, 7) is 7.15. The number of fused-ring (bicyclic) bond motifs is 1.